The van der Waals surface area contributed by atoms with Crippen LogP contribution in [0.2, 0.25) is 5.02 Å². The first-order chi connectivity index (χ1) is 12.0. The third-order valence-corrected chi connectivity index (χ3v) is 4.24. The molecule has 0 aromatic heterocycles. The fraction of sp³-hybridized carbons (Fsp3) is 0.263. The molecule has 6 heteroatoms. The summed E-state index contributed by atoms with van der Waals surface area (Å²) in [5.41, 5.74) is 1.67. The minimum absolute atomic E-state index is 0.0287. The third-order valence-electron chi connectivity index (χ3n) is 4.00. The Kier molecular flexibility index (Phi) is 5.24. The Morgan fingerprint density at radius 1 is 1.24 bits per heavy atom. The van der Waals surface area contributed by atoms with Gasteiger partial charge in [-0.25, -0.2) is 0 Å². The summed E-state index contributed by atoms with van der Waals surface area (Å²) in [6.45, 7) is 2.14. The molecule has 5 nitrogen and oxygen atoms in total. The number of carbonyl (C=O) groups excluding carboxylic acids is 2. The number of anilines is 1. The van der Waals surface area contributed by atoms with Crippen molar-refractivity contribution in [3.63, 3.8) is 0 Å². The van der Waals surface area contributed by atoms with Crippen LogP contribution in [0.25, 0.3) is 0 Å². The fourth-order valence-electron chi connectivity index (χ4n) is 2.76. The zero-order valence-corrected chi connectivity index (χ0v) is 14.6. The van der Waals surface area contributed by atoms with Gasteiger partial charge >= 0.3 is 0 Å². The Labute approximate surface area is 151 Å². The van der Waals surface area contributed by atoms with Gasteiger partial charge < -0.3 is 10.1 Å². The minimum atomic E-state index is -0.603. The topological polar surface area (TPSA) is 58.6 Å². The van der Waals surface area contributed by atoms with E-state index in [1.165, 1.54) is 4.90 Å². The molecule has 3 rings (SSSR count). The number of nitrogens with one attached hydrogen (secondary N) is 1. The van der Waals surface area contributed by atoms with Gasteiger partial charge in [-0.05, 0) is 43.2 Å². The van der Waals surface area contributed by atoms with Crippen LogP contribution in [-0.4, -0.2) is 31.0 Å². The highest BCUT2D eigenvalue weighted by atomic mass is 35.5. The summed E-state index contributed by atoms with van der Waals surface area (Å²) in [6.07, 6.45) is 0.0743. The van der Waals surface area contributed by atoms with E-state index >= 15 is 0 Å². The summed E-state index contributed by atoms with van der Waals surface area (Å²) < 4.78 is 5.57. The lowest BCUT2D eigenvalue weighted by atomic mass is 10.1. The monoisotopic (exact) mass is 358 g/mol. The standard InChI is InChI=1S/C19H19ClN2O3/c1-13-19(24)22(16-7-2-3-8-17(16)25-13)12-18(23)21-10-9-14-5-4-6-15(20)11-14/h2-8,11,13H,9-10,12H2,1H3,(H,21,23)/t13-/m1/s1. The van der Waals surface area contributed by atoms with Crippen molar-refractivity contribution in [1.82, 2.24) is 5.32 Å². The first-order valence-corrected chi connectivity index (χ1v) is 8.50. The average molecular weight is 359 g/mol. The van der Waals surface area contributed by atoms with Crippen molar-refractivity contribution in [3.8, 4) is 5.75 Å². The Morgan fingerprint density at radius 3 is 2.84 bits per heavy atom. The largest absolute Gasteiger partial charge is 0.479 e. The van der Waals surface area contributed by atoms with Crippen LogP contribution in [0.5, 0.6) is 5.75 Å². The van der Waals surface area contributed by atoms with Crippen molar-refractivity contribution in [2.75, 3.05) is 18.0 Å². The number of benzene rings is 2. The van der Waals surface area contributed by atoms with Crippen molar-refractivity contribution >= 4 is 29.1 Å². The van der Waals surface area contributed by atoms with E-state index in [2.05, 4.69) is 5.32 Å². The van der Waals surface area contributed by atoms with Crippen LogP contribution >= 0.6 is 11.6 Å². The second-order valence-corrected chi connectivity index (χ2v) is 6.32. The van der Waals surface area contributed by atoms with Gasteiger partial charge in [0.15, 0.2) is 6.10 Å². The molecule has 0 bridgehead atoms. The molecule has 1 atom stereocenters. The van der Waals surface area contributed by atoms with E-state index in [4.69, 9.17) is 16.3 Å². The molecule has 1 aliphatic rings. The number of ether oxygens (including phenoxy) is 1. The quantitative estimate of drug-likeness (QED) is 0.894. The highest BCUT2D eigenvalue weighted by molar-refractivity contribution is 6.30. The second kappa shape index (κ2) is 7.57. The summed E-state index contributed by atoms with van der Waals surface area (Å²) in [4.78, 5) is 26.1. The molecular formula is C19H19ClN2O3. The van der Waals surface area contributed by atoms with Crippen molar-refractivity contribution in [1.29, 1.82) is 0 Å². The Morgan fingerprint density at radius 2 is 2.04 bits per heavy atom. The Hall–Kier alpha value is -2.53. The van der Waals surface area contributed by atoms with Crippen LogP contribution in [0.15, 0.2) is 48.5 Å². The molecular weight excluding hydrogens is 340 g/mol. The molecule has 0 fully saturated rings. The van der Waals surface area contributed by atoms with Crippen LogP contribution in [0.4, 0.5) is 5.69 Å². The van der Waals surface area contributed by atoms with E-state index in [0.717, 1.165) is 5.56 Å². The Bertz CT molecular complexity index is 794. The van der Waals surface area contributed by atoms with Crippen molar-refractivity contribution < 1.29 is 14.3 Å². The van der Waals surface area contributed by atoms with Gasteiger partial charge in [-0.2, -0.15) is 0 Å². The molecule has 0 radical (unpaired) electrons. The van der Waals surface area contributed by atoms with Crippen LogP contribution in [-0.2, 0) is 16.0 Å². The summed E-state index contributed by atoms with van der Waals surface area (Å²) in [5.74, 6) is 0.185. The molecule has 0 saturated heterocycles. The average Bonchev–Trinajstić information content (AvgIpc) is 2.59. The maximum absolute atomic E-state index is 12.4. The number of nitrogens with zero attached hydrogens (tertiary/aromatic N) is 1. The molecule has 0 unspecified atom stereocenters. The molecule has 0 aliphatic carbocycles. The lowest BCUT2D eigenvalue weighted by Crippen LogP contribution is -2.49. The summed E-state index contributed by atoms with van der Waals surface area (Å²) in [7, 11) is 0. The van der Waals surface area contributed by atoms with Crippen molar-refractivity contribution in [2.24, 2.45) is 0 Å². The molecule has 2 aromatic carbocycles. The first-order valence-electron chi connectivity index (χ1n) is 8.13. The molecule has 2 aromatic rings. The van der Waals surface area contributed by atoms with Gasteiger partial charge in [-0.15, -0.1) is 0 Å². The van der Waals surface area contributed by atoms with Crippen molar-refractivity contribution in [3.05, 3.63) is 59.1 Å². The van der Waals surface area contributed by atoms with Gasteiger partial charge in [-0.1, -0.05) is 35.9 Å². The lowest BCUT2D eigenvalue weighted by molar-refractivity contribution is -0.128. The van der Waals surface area contributed by atoms with Gasteiger partial charge in [0.25, 0.3) is 5.91 Å². The van der Waals surface area contributed by atoms with E-state index in [1.54, 1.807) is 19.1 Å². The maximum atomic E-state index is 12.4. The van der Waals surface area contributed by atoms with E-state index in [-0.39, 0.29) is 18.4 Å². The molecule has 0 spiro atoms. The normalized spacial score (nSPS) is 16.2. The Balaban J connectivity index is 1.59. The number of hydrogen-bond acceptors (Lipinski definition) is 3. The molecule has 0 saturated carbocycles. The van der Waals surface area contributed by atoms with Crippen molar-refractivity contribution in [2.45, 2.75) is 19.4 Å². The molecule has 1 heterocycles. The minimum Gasteiger partial charge on any atom is -0.479 e. The lowest BCUT2D eigenvalue weighted by Gasteiger charge is -2.32. The highest BCUT2D eigenvalue weighted by Crippen LogP contribution is 2.33. The van der Waals surface area contributed by atoms with E-state index in [0.29, 0.717) is 29.4 Å². The summed E-state index contributed by atoms with van der Waals surface area (Å²) in [6, 6.07) is 14.7. The zero-order chi connectivity index (χ0) is 17.8. The number of fused-ring (bicyclic) bond motifs is 1. The molecule has 1 N–H and O–H groups in total. The molecule has 1 aliphatic heterocycles. The van der Waals surface area contributed by atoms with Crippen LogP contribution < -0.4 is 15.0 Å². The predicted molar refractivity (Wildman–Crippen MR) is 97.1 cm³/mol. The van der Waals surface area contributed by atoms with Gasteiger partial charge in [0, 0.05) is 11.6 Å². The summed E-state index contributed by atoms with van der Waals surface area (Å²) in [5, 5.41) is 3.52. The third kappa shape index (κ3) is 4.12. The number of amides is 2. The number of carbonyl (C=O) groups is 2. The zero-order valence-electron chi connectivity index (χ0n) is 13.9. The van der Waals surface area contributed by atoms with E-state index < -0.39 is 6.10 Å². The SMILES string of the molecule is C[C@H]1Oc2ccccc2N(CC(=O)NCCc2cccc(Cl)c2)C1=O. The van der Waals surface area contributed by atoms with E-state index in [9.17, 15) is 9.59 Å². The van der Waals surface area contributed by atoms with Crippen LogP contribution in [0.3, 0.4) is 0 Å². The smallest absolute Gasteiger partial charge is 0.268 e. The van der Waals surface area contributed by atoms with Crippen LogP contribution in [0.1, 0.15) is 12.5 Å². The fourth-order valence-corrected chi connectivity index (χ4v) is 2.97. The van der Waals surface area contributed by atoms with E-state index in [1.807, 2.05) is 36.4 Å². The van der Waals surface area contributed by atoms with Gasteiger partial charge in [0.2, 0.25) is 5.91 Å². The predicted octanol–water partition coefficient (Wildman–Crippen LogP) is 2.81. The van der Waals surface area contributed by atoms with Gasteiger partial charge in [0.1, 0.15) is 12.3 Å². The molecule has 25 heavy (non-hydrogen) atoms. The number of para-hydroxylation sites is 2. The van der Waals surface area contributed by atoms with Gasteiger partial charge in [0.05, 0.1) is 5.69 Å². The molecule has 130 valence electrons. The number of rotatable bonds is 5. The van der Waals surface area contributed by atoms with Gasteiger partial charge in [-0.3, -0.25) is 14.5 Å². The number of hydrogen-bond donors (Lipinski definition) is 1. The van der Waals surface area contributed by atoms with Crippen LogP contribution in [0, 0.1) is 0 Å². The highest BCUT2D eigenvalue weighted by Gasteiger charge is 2.32. The number of halogens is 1. The summed E-state index contributed by atoms with van der Waals surface area (Å²) >= 11 is 5.95. The molecule has 2 amide bonds. The second-order valence-electron chi connectivity index (χ2n) is 5.88. The first kappa shape index (κ1) is 17.3. The maximum Gasteiger partial charge on any atom is 0.268 e.